The number of carboxylic acids is 1. The first-order valence-electron chi connectivity index (χ1n) is 5.98. The molecule has 0 saturated carbocycles. The molecule has 2 rings (SSSR count). The molecule has 1 heterocycles. The Balaban J connectivity index is 1.92. The van der Waals surface area contributed by atoms with Gasteiger partial charge in [-0.1, -0.05) is 23.9 Å². The number of benzene rings is 1. The summed E-state index contributed by atoms with van der Waals surface area (Å²) in [5.74, 6) is -2.15. The lowest BCUT2D eigenvalue weighted by molar-refractivity contribution is -0.255. The molecule has 0 fully saturated rings. The van der Waals surface area contributed by atoms with Crippen molar-refractivity contribution in [1.29, 1.82) is 0 Å². The van der Waals surface area contributed by atoms with E-state index >= 15 is 0 Å². The Morgan fingerprint density at radius 2 is 2.00 bits per heavy atom. The minimum atomic E-state index is -1.30. The average Bonchev–Trinajstić information content (AvgIpc) is 2.45. The molecule has 114 valence electrons. The van der Waals surface area contributed by atoms with Crippen LogP contribution in [0.15, 0.2) is 40.3 Å². The third kappa shape index (κ3) is 4.35. The van der Waals surface area contributed by atoms with Crippen molar-refractivity contribution >= 4 is 29.3 Å². The maximum Gasteiger partial charge on any atom is 0.255 e. The number of carbonyl (C=O) groups excluding carboxylic acids is 2. The molecule has 2 aromatic rings. The fourth-order valence-corrected chi connectivity index (χ4v) is 2.18. The first kappa shape index (κ1) is 15.6. The fraction of sp³-hybridized carbons (Fsp3) is 0.0769. The third-order valence-corrected chi connectivity index (χ3v) is 3.32. The van der Waals surface area contributed by atoms with Crippen LogP contribution in [0.25, 0.3) is 0 Å². The molecular weight excluding hydrogens is 310 g/mol. The van der Waals surface area contributed by atoms with Crippen LogP contribution in [0.4, 0.5) is 5.69 Å². The predicted molar refractivity (Wildman–Crippen MR) is 76.6 cm³/mol. The van der Waals surface area contributed by atoms with Crippen LogP contribution in [0.5, 0.6) is 5.88 Å². The van der Waals surface area contributed by atoms with E-state index in [-0.39, 0.29) is 22.4 Å². The molecule has 8 nitrogen and oxygen atoms in total. The predicted octanol–water partition coefficient (Wildman–Crippen LogP) is -0.430. The maximum absolute atomic E-state index is 11.7. The molecule has 1 aromatic heterocycles. The summed E-state index contributed by atoms with van der Waals surface area (Å²) in [6.07, 6.45) is 0. The van der Waals surface area contributed by atoms with Gasteiger partial charge in [0.1, 0.15) is 0 Å². The van der Waals surface area contributed by atoms with E-state index in [1.807, 2.05) is 0 Å². The number of rotatable bonds is 5. The highest BCUT2D eigenvalue weighted by Crippen LogP contribution is 2.14. The van der Waals surface area contributed by atoms with E-state index in [0.717, 1.165) is 17.8 Å². The minimum Gasteiger partial charge on any atom is -0.545 e. The monoisotopic (exact) mass is 320 g/mol. The molecule has 0 spiro atoms. The molecular formula is C13H10N3O5S-. The van der Waals surface area contributed by atoms with E-state index in [4.69, 9.17) is 5.11 Å². The number of nitrogens with one attached hydrogen (secondary N) is 2. The van der Waals surface area contributed by atoms with Crippen LogP contribution in [-0.2, 0) is 4.79 Å². The molecule has 0 atom stereocenters. The number of H-pyrrole nitrogens is 1. The summed E-state index contributed by atoms with van der Waals surface area (Å²) in [6.45, 7) is 0. The van der Waals surface area contributed by atoms with Gasteiger partial charge in [0.15, 0.2) is 5.16 Å². The van der Waals surface area contributed by atoms with Crippen LogP contribution in [0, 0.1) is 0 Å². The molecule has 0 aliphatic heterocycles. The Morgan fingerprint density at radius 3 is 2.59 bits per heavy atom. The van der Waals surface area contributed by atoms with Crippen LogP contribution < -0.4 is 16.0 Å². The van der Waals surface area contributed by atoms with Crippen molar-refractivity contribution in [3.05, 3.63) is 46.2 Å². The number of aromatic carboxylic acids is 1. The van der Waals surface area contributed by atoms with E-state index in [1.54, 1.807) is 0 Å². The largest absolute Gasteiger partial charge is 0.545 e. The number of thioether (sulfide) groups is 1. The smallest absolute Gasteiger partial charge is 0.255 e. The zero-order valence-electron chi connectivity index (χ0n) is 11.0. The van der Waals surface area contributed by atoms with E-state index in [1.165, 1.54) is 24.3 Å². The van der Waals surface area contributed by atoms with Crippen LogP contribution >= 0.6 is 11.8 Å². The van der Waals surface area contributed by atoms with Crippen molar-refractivity contribution in [3.63, 3.8) is 0 Å². The van der Waals surface area contributed by atoms with Gasteiger partial charge < -0.3 is 25.3 Å². The lowest BCUT2D eigenvalue weighted by atomic mass is 10.2. The van der Waals surface area contributed by atoms with Crippen LogP contribution in [0.3, 0.4) is 0 Å². The van der Waals surface area contributed by atoms with Gasteiger partial charge in [-0.05, 0) is 17.7 Å². The number of hydrogen-bond donors (Lipinski definition) is 3. The van der Waals surface area contributed by atoms with Crippen molar-refractivity contribution in [2.75, 3.05) is 11.1 Å². The summed E-state index contributed by atoms with van der Waals surface area (Å²) in [4.78, 5) is 39.5. The highest BCUT2D eigenvalue weighted by molar-refractivity contribution is 7.99. The lowest BCUT2D eigenvalue weighted by Gasteiger charge is -2.07. The van der Waals surface area contributed by atoms with Gasteiger partial charge in [-0.2, -0.15) is 4.98 Å². The molecule has 0 saturated heterocycles. The molecule has 0 bridgehead atoms. The number of amides is 1. The zero-order chi connectivity index (χ0) is 16.1. The van der Waals surface area contributed by atoms with Gasteiger partial charge in [0.2, 0.25) is 11.8 Å². The Bertz CT molecular complexity index is 757. The van der Waals surface area contributed by atoms with Gasteiger partial charge in [0.25, 0.3) is 5.56 Å². The normalized spacial score (nSPS) is 10.2. The SMILES string of the molecule is O=C(CSc1nc(O)cc(=O)[nH]1)Nc1ccc(C(=O)[O-])cc1. The molecule has 0 unspecified atom stereocenters. The molecule has 3 N–H and O–H groups in total. The number of aromatic amines is 1. The van der Waals surface area contributed by atoms with Crippen LogP contribution in [-0.4, -0.2) is 32.7 Å². The number of nitrogens with zero attached hydrogens (tertiary/aromatic N) is 1. The number of carboxylic acid groups (broad SMARTS) is 1. The minimum absolute atomic E-state index is 0.00825. The van der Waals surface area contributed by atoms with E-state index in [0.29, 0.717) is 5.69 Å². The molecule has 0 aliphatic rings. The van der Waals surface area contributed by atoms with Gasteiger partial charge >= 0.3 is 0 Å². The Morgan fingerprint density at radius 1 is 1.32 bits per heavy atom. The fourth-order valence-electron chi connectivity index (χ4n) is 1.51. The van der Waals surface area contributed by atoms with Gasteiger partial charge in [-0.3, -0.25) is 9.59 Å². The first-order chi connectivity index (χ1) is 10.4. The molecule has 0 radical (unpaired) electrons. The first-order valence-corrected chi connectivity index (χ1v) is 6.97. The lowest BCUT2D eigenvalue weighted by Crippen LogP contribution is -2.22. The molecule has 9 heteroatoms. The maximum atomic E-state index is 11.7. The number of anilines is 1. The summed E-state index contributed by atoms with van der Waals surface area (Å²) in [5, 5.41) is 22.4. The topological polar surface area (TPSA) is 135 Å². The number of hydrogen-bond acceptors (Lipinski definition) is 7. The Kier molecular flexibility index (Phi) is 4.79. The van der Waals surface area contributed by atoms with E-state index in [2.05, 4.69) is 15.3 Å². The average molecular weight is 320 g/mol. The molecule has 0 aliphatic carbocycles. The summed E-state index contributed by atoms with van der Waals surface area (Å²) < 4.78 is 0. The Labute approximate surface area is 128 Å². The van der Waals surface area contributed by atoms with Gasteiger partial charge in [0, 0.05) is 5.69 Å². The van der Waals surface area contributed by atoms with Gasteiger partial charge in [-0.25, -0.2) is 0 Å². The van der Waals surface area contributed by atoms with Crippen molar-refractivity contribution in [2.24, 2.45) is 0 Å². The van der Waals surface area contributed by atoms with Crippen molar-refractivity contribution in [1.82, 2.24) is 9.97 Å². The highest BCUT2D eigenvalue weighted by atomic mass is 32.2. The second kappa shape index (κ2) is 6.76. The number of aromatic nitrogens is 2. The van der Waals surface area contributed by atoms with E-state index < -0.39 is 17.4 Å². The molecule has 1 amide bonds. The summed E-state index contributed by atoms with van der Waals surface area (Å²) >= 11 is 0.941. The Hall–Kier alpha value is -2.81. The van der Waals surface area contributed by atoms with E-state index in [9.17, 15) is 19.5 Å². The standard InChI is InChI=1S/C13H11N3O5S/c17-9-5-10(18)16-13(15-9)22-6-11(19)14-8-3-1-7(2-4-8)12(20)21/h1-5H,6H2,(H,14,19)(H,20,21)(H2,15,16,17,18)/p-1. The quantitative estimate of drug-likeness (QED) is 0.502. The van der Waals surface area contributed by atoms with Gasteiger partial charge in [-0.15, -0.1) is 0 Å². The zero-order valence-corrected chi connectivity index (χ0v) is 11.8. The number of carbonyl (C=O) groups is 2. The van der Waals surface area contributed by atoms with Crippen molar-refractivity contribution in [2.45, 2.75) is 5.16 Å². The highest BCUT2D eigenvalue weighted by Gasteiger charge is 2.07. The summed E-state index contributed by atoms with van der Waals surface area (Å²) in [5.41, 5.74) is -0.0878. The molecule has 1 aromatic carbocycles. The van der Waals surface area contributed by atoms with Gasteiger partial charge in [0.05, 0.1) is 17.8 Å². The van der Waals surface area contributed by atoms with Crippen LogP contribution in [0.2, 0.25) is 0 Å². The van der Waals surface area contributed by atoms with Crippen molar-refractivity contribution < 1.29 is 19.8 Å². The second-order valence-electron chi connectivity index (χ2n) is 4.11. The number of aromatic hydroxyl groups is 1. The summed E-state index contributed by atoms with van der Waals surface area (Å²) in [7, 11) is 0. The van der Waals surface area contributed by atoms with Crippen LogP contribution in [0.1, 0.15) is 10.4 Å². The third-order valence-electron chi connectivity index (χ3n) is 2.45. The summed E-state index contributed by atoms with van der Waals surface area (Å²) in [6, 6.07) is 6.41. The second-order valence-corrected chi connectivity index (χ2v) is 5.07. The molecule has 22 heavy (non-hydrogen) atoms. The van der Waals surface area contributed by atoms with Crippen molar-refractivity contribution in [3.8, 4) is 5.88 Å².